The van der Waals surface area contributed by atoms with Crippen molar-refractivity contribution >= 4 is 11.3 Å². The predicted octanol–water partition coefficient (Wildman–Crippen LogP) is 1.87. The first-order chi connectivity index (χ1) is 7.38. The van der Waals surface area contributed by atoms with Crippen LogP contribution in [0.5, 0.6) is 10.9 Å². The maximum atomic E-state index is 8.75. The summed E-state index contributed by atoms with van der Waals surface area (Å²) < 4.78 is 5.43. The average Bonchev–Trinajstić information content (AvgIpc) is 2.74. The molecule has 4 nitrogen and oxygen atoms in total. The molecule has 2 aromatic rings. The largest absolute Gasteiger partial charge is 0.430 e. The Bertz CT molecular complexity index is 400. The van der Waals surface area contributed by atoms with Crippen LogP contribution >= 0.6 is 11.3 Å². The van der Waals surface area contributed by atoms with Crippen molar-refractivity contribution in [2.75, 3.05) is 6.61 Å². The monoisotopic (exact) mass is 222 g/mol. The van der Waals surface area contributed by atoms with E-state index in [1.165, 1.54) is 11.3 Å². The highest BCUT2D eigenvalue weighted by atomic mass is 32.1. The number of benzene rings is 1. The van der Waals surface area contributed by atoms with Gasteiger partial charge in [0.2, 0.25) is 0 Å². The first-order valence-corrected chi connectivity index (χ1v) is 5.40. The lowest BCUT2D eigenvalue weighted by molar-refractivity contribution is 0.299. The standard InChI is InChI=1S/C10H10N2O2S/c13-6-5-8-1-3-9(4-2-8)14-10-12-11-7-15-10/h1-4,7,13H,5-6H2. The Kier molecular flexibility index (Phi) is 3.26. The zero-order chi connectivity index (χ0) is 10.5. The molecule has 0 aliphatic rings. The normalized spacial score (nSPS) is 10.2. The number of aliphatic hydroxyl groups excluding tert-OH is 1. The maximum absolute atomic E-state index is 8.75. The van der Waals surface area contributed by atoms with Gasteiger partial charge in [-0.2, -0.15) is 0 Å². The molecule has 0 saturated heterocycles. The minimum absolute atomic E-state index is 0.163. The van der Waals surface area contributed by atoms with Gasteiger partial charge in [0.15, 0.2) is 0 Å². The molecule has 15 heavy (non-hydrogen) atoms. The summed E-state index contributed by atoms with van der Waals surface area (Å²) in [6.07, 6.45) is 0.666. The van der Waals surface area contributed by atoms with Crippen LogP contribution < -0.4 is 4.74 Å². The van der Waals surface area contributed by atoms with Crippen molar-refractivity contribution in [2.24, 2.45) is 0 Å². The smallest absolute Gasteiger partial charge is 0.299 e. The van der Waals surface area contributed by atoms with Crippen LogP contribution in [0.1, 0.15) is 5.56 Å². The van der Waals surface area contributed by atoms with Gasteiger partial charge >= 0.3 is 0 Å². The summed E-state index contributed by atoms with van der Waals surface area (Å²) in [6.45, 7) is 0.163. The van der Waals surface area contributed by atoms with Gasteiger partial charge < -0.3 is 9.84 Å². The summed E-state index contributed by atoms with van der Waals surface area (Å²) in [5.41, 5.74) is 2.71. The molecule has 0 bridgehead atoms. The van der Waals surface area contributed by atoms with E-state index in [2.05, 4.69) is 10.2 Å². The van der Waals surface area contributed by atoms with E-state index in [-0.39, 0.29) is 6.61 Å². The Balaban J connectivity index is 2.04. The molecule has 0 spiro atoms. The minimum atomic E-state index is 0.163. The molecule has 1 aromatic heterocycles. The third-order valence-corrected chi connectivity index (χ3v) is 2.44. The van der Waals surface area contributed by atoms with E-state index in [1.54, 1.807) is 5.51 Å². The Labute approximate surface area is 91.2 Å². The second kappa shape index (κ2) is 4.86. The number of ether oxygens (including phenoxy) is 1. The van der Waals surface area contributed by atoms with Crippen LogP contribution in [0, 0.1) is 0 Å². The molecule has 0 atom stereocenters. The summed E-state index contributed by atoms with van der Waals surface area (Å²) in [7, 11) is 0. The summed E-state index contributed by atoms with van der Waals surface area (Å²) in [4.78, 5) is 0. The van der Waals surface area contributed by atoms with Crippen molar-refractivity contribution in [2.45, 2.75) is 6.42 Å². The lowest BCUT2D eigenvalue weighted by Crippen LogP contribution is -1.90. The Morgan fingerprint density at radius 3 is 2.67 bits per heavy atom. The highest BCUT2D eigenvalue weighted by Crippen LogP contribution is 2.22. The van der Waals surface area contributed by atoms with Crippen molar-refractivity contribution in [3.63, 3.8) is 0 Å². The second-order valence-electron chi connectivity index (χ2n) is 2.92. The third kappa shape index (κ3) is 2.74. The lowest BCUT2D eigenvalue weighted by Gasteiger charge is -2.02. The maximum Gasteiger partial charge on any atom is 0.299 e. The van der Waals surface area contributed by atoms with Crippen LogP contribution in [0.15, 0.2) is 29.8 Å². The third-order valence-electron chi connectivity index (χ3n) is 1.87. The molecule has 0 unspecified atom stereocenters. The van der Waals surface area contributed by atoms with Crippen LogP contribution in [0.2, 0.25) is 0 Å². The highest BCUT2D eigenvalue weighted by molar-refractivity contribution is 7.11. The van der Waals surface area contributed by atoms with Crippen LogP contribution in [0.4, 0.5) is 0 Å². The van der Waals surface area contributed by atoms with E-state index in [0.29, 0.717) is 11.6 Å². The van der Waals surface area contributed by atoms with Gasteiger partial charge in [-0.05, 0) is 24.1 Å². The number of nitrogens with zero attached hydrogens (tertiary/aromatic N) is 2. The molecular weight excluding hydrogens is 212 g/mol. The van der Waals surface area contributed by atoms with Gasteiger partial charge in [0.1, 0.15) is 11.3 Å². The molecule has 1 N–H and O–H groups in total. The minimum Gasteiger partial charge on any atom is -0.430 e. The van der Waals surface area contributed by atoms with Crippen LogP contribution in [-0.4, -0.2) is 21.9 Å². The van der Waals surface area contributed by atoms with Crippen molar-refractivity contribution in [3.05, 3.63) is 35.3 Å². The van der Waals surface area contributed by atoms with E-state index in [4.69, 9.17) is 9.84 Å². The number of aliphatic hydroxyl groups is 1. The van der Waals surface area contributed by atoms with Crippen molar-refractivity contribution < 1.29 is 9.84 Å². The van der Waals surface area contributed by atoms with Crippen LogP contribution in [0.25, 0.3) is 0 Å². The summed E-state index contributed by atoms with van der Waals surface area (Å²) in [6, 6.07) is 7.55. The molecule has 0 aliphatic carbocycles. The topological polar surface area (TPSA) is 55.2 Å². The molecule has 1 aromatic carbocycles. The van der Waals surface area contributed by atoms with E-state index in [1.807, 2.05) is 24.3 Å². The fraction of sp³-hybridized carbons (Fsp3) is 0.200. The summed E-state index contributed by atoms with van der Waals surface area (Å²) in [5, 5.41) is 16.7. The molecule has 1 heterocycles. The number of rotatable bonds is 4. The molecule has 0 aliphatic heterocycles. The average molecular weight is 222 g/mol. The molecule has 78 valence electrons. The molecular formula is C10H10N2O2S. The summed E-state index contributed by atoms with van der Waals surface area (Å²) in [5.74, 6) is 0.730. The molecule has 0 radical (unpaired) electrons. The first-order valence-electron chi connectivity index (χ1n) is 4.52. The second-order valence-corrected chi connectivity index (χ2v) is 3.72. The van der Waals surface area contributed by atoms with E-state index in [9.17, 15) is 0 Å². The van der Waals surface area contributed by atoms with Gasteiger partial charge in [0, 0.05) is 6.61 Å². The van der Waals surface area contributed by atoms with Crippen molar-refractivity contribution in [3.8, 4) is 10.9 Å². The van der Waals surface area contributed by atoms with Crippen molar-refractivity contribution in [1.29, 1.82) is 0 Å². The Morgan fingerprint density at radius 2 is 2.07 bits per heavy atom. The predicted molar refractivity (Wildman–Crippen MR) is 57.2 cm³/mol. The molecule has 0 saturated carbocycles. The van der Waals surface area contributed by atoms with E-state index < -0.39 is 0 Å². The van der Waals surface area contributed by atoms with Gasteiger partial charge in [0.05, 0.1) is 0 Å². The quantitative estimate of drug-likeness (QED) is 0.858. The fourth-order valence-corrected chi connectivity index (χ4v) is 1.58. The Morgan fingerprint density at radius 1 is 1.27 bits per heavy atom. The van der Waals surface area contributed by atoms with Gasteiger partial charge in [-0.3, -0.25) is 0 Å². The van der Waals surface area contributed by atoms with Gasteiger partial charge in [-0.25, -0.2) is 0 Å². The highest BCUT2D eigenvalue weighted by Gasteiger charge is 2.00. The van der Waals surface area contributed by atoms with Gasteiger partial charge in [0.25, 0.3) is 5.19 Å². The number of hydrogen-bond donors (Lipinski definition) is 1. The lowest BCUT2D eigenvalue weighted by atomic mass is 10.1. The van der Waals surface area contributed by atoms with E-state index in [0.717, 1.165) is 11.3 Å². The van der Waals surface area contributed by atoms with E-state index >= 15 is 0 Å². The van der Waals surface area contributed by atoms with Crippen molar-refractivity contribution in [1.82, 2.24) is 10.2 Å². The van der Waals surface area contributed by atoms with Gasteiger partial charge in [-0.1, -0.05) is 28.6 Å². The summed E-state index contributed by atoms with van der Waals surface area (Å²) >= 11 is 1.35. The molecule has 5 heteroatoms. The van der Waals surface area contributed by atoms with Crippen LogP contribution in [-0.2, 0) is 6.42 Å². The fourth-order valence-electron chi connectivity index (χ4n) is 1.16. The van der Waals surface area contributed by atoms with Crippen LogP contribution in [0.3, 0.4) is 0 Å². The molecule has 2 rings (SSSR count). The SMILES string of the molecule is OCCc1ccc(Oc2nncs2)cc1. The Hall–Kier alpha value is -1.46. The first kappa shape index (κ1) is 10.1. The molecule has 0 fully saturated rings. The zero-order valence-corrected chi connectivity index (χ0v) is 8.78. The van der Waals surface area contributed by atoms with Gasteiger partial charge in [-0.15, -0.1) is 5.10 Å². The number of aromatic nitrogens is 2. The molecule has 0 amide bonds. The number of hydrogen-bond acceptors (Lipinski definition) is 5. The zero-order valence-electron chi connectivity index (χ0n) is 7.96.